The number of hydrogen-bond donors (Lipinski definition) is 3. The van der Waals surface area contributed by atoms with Gasteiger partial charge >= 0.3 is 0 Å². The molecule has 0 spiro atoms. The first-order chi connectivity index (χ1) is 9.20. The van der Waals surface area contributed by atoms with Crippen LogP contribution in [0.15, 0.2) is 12.4 Å². The molecule has 1 fully saturated rings. The molecule has 0 amide bonds. The number of rotatable bonds is 3. The molecule has 1 saturated heterocycles. The number of hydrogen-bond acceptors (Lipinski definition) is 5. The van der Waals surface area contributed by atoms with Crippen LogP contribution in [0.25, 0.3) is 11.4 Å². The van der Waals surface area contributed by atoms with Crippen LogP contribution in [0.1, 0.15) is 19.8 Å². The largest absolute Gasteiger partial charge is 0.339 e. The van der Waals surface area contributed by atoms with Gasteiger partial charge in [-0.25, -0.2) is 0 Å². The van der Waals surface area contributed by atoms with Gasteiger partial charge < -0.3 is 10.6 Å². The minimum absolute atomic E-state index is 0.264. The SMILES string of the molecule is CC1(CN)CCN(c2n[nH]c(-c3cn[nH]c3)n2)CC1. The molecule has 4 N–H and O–H groups in total. The Morgan fingerprint density at radius 2 is 2.21 bits per heavy atom. The number of piperidine rings is 1. The van der Waals surface area contributed by atoms with Gasteiger partial charge in [0.05, 0.1) is 11.8 Å². The fraction of sp³-hybridized carbons (Fsp3) is 0.583. The highest BCUT2D eigenvalue weighted by Gasteiger charge is 2.30. The molecule has 0 unspecified atom stereocenters. The first-order valence-electron chi connectivity index (χ1n) is 6.57. The van der Waals surface area contributed by atoms with Gasteiger partial charge in [0.15, 0.2) is 5.82 Å². The summed E-state index contributed by atoms with van der Waals surface area (Å²) in [6, 6.07) is 0. The van der Waals surface area contributed by atoms with Crippen molar-refractivity contribution in [3.8, 4) is 11.4 Å². The molecule has 0 aromatic carbocycles. The quantitative estimate of drug-likeness (QED) is 0.757. The van der Waals surface area contributed by atoms with Crippen LogP contribution in [-0.2, 0) is 0 Å². The maximum Gasteiger partial charge on any atom is 0.245 e. The molecule has 7 heteroatoms. The molecule has 2 aromatic heterocycles. The van der Waals surface area contributed by atoms with Crippen LogP contribution in [0.4, 0.5) is 5.95 Å². The molecule has 0 bridgehead atoms. The number of anilines is 1. The third-order valence-electron chi connectivity index (χ3n) is 3.99. The lowest BCUT2D eigenvalue weighted by atomic mass is 9.81. The minimum Gasteiger partial charge on any atom is -0.339 e. The van der Waals surface area contributed by atoms with Crippen molar-refractivity contribution in [1.82, 2.24) is 25.4 Å². The molecule has 0 saturated carbocycles. The van der Waals surface area contributed by atoms with Crippen molar-refractivity contribution < 1.29 is 0 Å². The second-order valence-corrected chi connectivity index (χ2v) is 5.47. The van der Waals surface area contributed by atoms with Gasteiger partial charge in [0, 0.05) is 19.3 Å². The summed E-state index contributed by atoms with van der Waals surface area (Å²) in [7, 11) is 0. The first kappa shape index (κ1) is 12.2. The molecule has 3 rings (SSSR count). The molecule has 1 aliphatic rings. The highest BCUT2D eigenvalue weighted by atomic mass is 15.4. The van der Waals surface area contributed by atoms with Crippen LogP contribution in [0, 0.1) is 5.41 Å². The zero-order valence-corrected chi connectivity index (χ0v) is 11.1. The van der Waals surface area contributed by atoms with Gasteiger partial charge in [0.25, 0.3) is 0 Å². The van der Waals surface area contributed by atoms with Gasteiger partial charge in [0.2, 0.25) is 5.95 Å². The number of aromatic nitrogens is 5. The zero-order chi connectivity index (χ0) is 13.3. The smallest absolute Gasteiger partial charge is 0.245 e. The third kappa shape index (κ3) is 2.33. The number of aromatic amines is 2. The predicted octanol–water partition coefficient (Wildman–Crippen LogP) is 0.760. The second-order valence-electron chi connectivity index (χ2n) is 5.47. The average molecular weight is 261 g/mol. The van der Waals surface area contributed by atoms with E-state index >= 15 is 0 Å². The van der Waals surface area contributed by atoms with Gasteiger partial charge in [-0.1, -0.05) is 6.92 Å². The van der Waals surface area contributed by atoms with Crippen molar-refractivity contribution in [3.05, 3.63) is 12.4 Å². The van der Waals surface area contributed by atoms with Gasteiger partial charge in [-0.15, -0.1) is 5.10 Å². The summed E-state index contributed by atoms with van der Waals surface area (Å²) in [5, 5.41) is 13.9. The fourth-order valence-corrected chi connectivity index (χ4v) is 2.35. The first-order valence-corrected chi connectivity index (χ1v) is 6.57. The van der Waals surface area contributed by atoms with Gasteiger partial charge in [-0.3, -0.25) is 10.2 Å². The lowest BCUT2D eigenvalue weighted by Crippen LogP contribution is -2.42. The molecule has 1 aliphatic heterocycles. The summed E-state index contributed by atoms with van der Waals surface area (Å²) < 4.78 is 0. The summed E-state index contributed by atoms with van der Waals surface area (Å²) in [5.41, 5.74) is 7.01. The van der Waals surface area contributed by atoms with E-state index in [1.807, 2.05) is 0 Å². The number of nitrogens with one attached hydrogen (secondary N) is 2. The van der Waals surface area contributed by atoms with Crippen LogP contribution in [0.3, 0.4) is 0 Å². The number of nitrogens with two attached hydrogens (primary N) is 1. The highest BCUT2D eigenvalue weighted by molar-refractivity contribution is 5.53. The summed E-state index contributed by atoms with van der Waals surface area (Å²) in [6.45, 7) is 4.90. The maximum absolute atomic E-state index is 5.82. The van der Waals surface area contributed by atoms with E-state index in [1.165, 1.54) is 0 Å². The Bertz CT molecular complexity index is 522. The van der Waals surface area contributed by atoms with Crippen LogP contribution in [0.2, 0.25) is 0 Å². The molecule has 102 valence electrons. The second kappa shape index (κ2) is 4.65. The van der Waals surface area contributed by atoms with E-state index in [0.717, 1.165) is 49.8 Å². The molecule has 0 aliphatic carbocycles. The van der Waals surface area contributed by atoms with Crippen molar-refractivity contribution in [2.45, 2.75) is 19.8 Å². The number of H-pyrrole nitrogens is 2. The van der Waals surface area contributed by atoms with Crippen molar-refractivity contribution in [1.29, 1.82) is 0 Å². The van der Waals surface area contributed by atoms with Crippen LogP contribution >= 0.6 is 0 Å². The predicted molar refractivity (Wildman–Crippen MR) is 72.6 cm³/mol. The standard InChI is InChI=1S/C12H19N7/c1-12(8-13)2-4-19(5-3-12)11-16-10(17-18-11)9-6-14-15-7-9/h6-7H,2-5,8,13H2,1H3,(H,14,15)(H,16,17,18). The van der Waals surface area contributed by atoms with Crippen molar-refractivity contribution in [2.75, 3.05) is 24.5 Å². The zero-order valence-electron chi connectivity index (χ0n) is 11.1. The molecule has 0 radical (unpaired) electrons. The van der Waals surface area contributed by atoms with Crippen LogP contribution < -0.4 is 10.6 Å². The normalized spacial score (nSPS) is 18.7. The Kier molecular flexibility index (Phi) is 2.98. The molecule has 0 atom stereocenters. The topological polar surface area (TPSA) is 99.5 Å². The molecular weight excluding hydrogens is 242 g/mol. The lowest BCUT2D eigenvalue weighted by Gasteiger charge is -2.38. The van der Waals surface area contributed by atoms with E-state index in [2.05, 4.69) is 37.2 Å². The molecular formula is C12H19N7. The third-order valence-corrected chi connectivity index (χ3v) is 3.99. The minimum atomic E-state index is 0.264. The van der Waals surface area contributed by atoms with E-state index < -0.39 is 0 Å². The monoisotopic (exact) mass is 261 g/mol. The summed E-state index contributed by atoms with van der Waals surface area (Å²) in [5.74, 6) is 1.51. The van der Waals surface area contributed by atoms with E-state index in [-0.39, 0.29) is 5.41 Å². The lowest BCUT2D eigenvalue weighted by molar-refractivity contribution is 0.257. The number of nitrogens with zero attached hydrogens (tertiary/aromatic N) is 4. The van der Waals surface area contributed by atoms with Crippen molar-refractivity contribution >= 4 is 5.95 Å². The van der Waals surface area contributed by atoms with E-state index in [4.69, 9.17) is 5.73 Å². The Morgan fingerprint density at radius 1 is 1.42 bits per heavy atom. The Labute approximate surface area is 111 Å². The van der Waals surface area contributed by atoms with Crippen LogP contribution in [-0.4, -0.2) is 45.0 Å². The Balaban J connectivity index is 1.71. The maximum atomic E-state index is 5.82. The molecule has 19 heavy (non-hydrogen) atoms. The fourth-order valence-electron chi connectivity index (χ4n) is 2.35. The highest BCUT2D eigenvalue weighted by Crippen LogP contribution is 2.31. The summed E-state index contributed by atoms with van der Waals surface area (Å²) in [6.07, 6.45) is 5.69. The molecule has 7 nitrogen and oxygen atoms in total. The van der Waals surface area contributed by atoms with E-state index in [1.54, 1.807) is 12.4 Å². The van der Waals surface area contributed by atoms with Crippen molar-refractivity contribution in [2.24, 2.45) is 11.1 Å². The van der Waals surface area contributed by atoms with E-state index in [9.17, 15) is 0 Å². The average Bonchev–Trinajstić information content (AvgIpc) is 3.10. The van der Waals surface area contributed by atoms with Gasteiger partial charge in [0.1, 0.15) is 0 Å². The summed E-state index contributed by atoms with van der Waals surface area (Å²) in [4.78, 5) is 6.72. The molecule has 2 aromatic rings. The molecule has 3 heterocycles. The van der Waals surface area contributed by atoms with Gasteiger partial charge in [-0.2, -0.15) is 10.1 Å². The van der Waals surface area contributed by atoms with Crippen LogP contribution in [0.5, 0.6) is 0 Å². The summed E-state index contributed by atoms with van der Waals surface area (Å²) >= 11 is 0. The van der Waals surface area contributed by atoms with Gasteiger partial charge in [-0.05, 0) is 24.8 Å². The van der Waals surface area contributed by atoms with E-state index in [0.29, 0.717) is 0 Å². The van der Waals surface area contributed by atoms with Crippen molar-refractivity contribution in [3.63, 3.8) is 0 Å². The Morgan fingerprint density at radius 3 is 2.84 bits per heavy atom. The Hall–Kier alpha value is -1.89.